The van der Waals surface area contributed by atoms with E-state index in [1.54, 1.807) is 0 Å². The van der Waals surface area contributed by atoms with Gasteiger partial charge < -0.3 is 5.11 Å². The van der Waals surface area contributed by atoms with Gasteiger partial charge in [-0.1, -0.05) is 97.1 Å². The van der Waals surface area contributed by atoms with E-state index in [0.29, 0.717) is 6.54 Å². The van der Waals surface area contributed by atoms with Crippen LogP contribution < -0.4 is 0 Å². The smallest absolute Gasteiger partial charge is 0.305 e. The van der Waals surface area contributed by atoms with Crippen LogP contribution in [0.1, 0.15) is 53.2 Å². The number of carboxylic acid groups (broad SMARTS) is 1. The van der Waals surface area contributed by atoms with E-state index in [1.165, 1.54) is 22.3 Å². The zero-order valence-electron chi connectivity index (χ0n) is 20.7. The molecular weight excluding hydrogens is 430 g/mol. The quantitative estimate of drug-likeness (QED) is 0.276. The summed E-state index contributed by atoms with van der Waals surface area (Å²) in [6.45, 7) is 7.08. The lowest BCUT2D eigenvalue weighted by Gasteiger charge is -2.37. The Labute approximate surface area is 208 Å². The third-order valence-corrected chi connectivity index (χ3v) is 6.80. The second kappa shape index (κ2) is 11.2. The summed E-state index contributed by atoms with van der Waals surface area (Å²) in [5.41, 5.74) is 8.13. The molecule has 0 fully saturated rings. The Kier molecular flexibility index (Phi) is 7.79. The van der Waals surface area contributed by atoms with E-state index < -0.39 is 5.97 Å². The summed E-state index contributed by atoms with van der Waals surface area (Å²) in [4.78, 5) is 14.5. The molecule has 0 aromatic heterocycles. The van der Waals surface area contributed by atoms with E-state index in [2.05, 4.69) is 92.4 Å². The number of benzene rings is 4. The zero-order valence-corrected chi connectivity index (χ0v) is 20.7. The molecule has 3 heteroatoms. The normalized spacial score (nSPS) is 12.9. The summed E-state index contributed by atoms with van der Waals surface area (Å²) < 4.78 is 0. The fraction of sp³-hybridized carbons (Fsp3) is 0.219. The van der Waals surface area contributed by atoms with Crippen LogP contribution in [-0.2, 0) is 11.3 Å². The van der Waals surface area contributed by atoms with Crippen molar-refractivity contribution in [2.24, 2.45) is 0 Å². The highest BCUT2D eigenvalue weighted by molar-refractivity contribution is 5.72. The number of carboxylic acids is 1. The van der Waals surface area contributed by atoms with Crippen LogP contribution in [0.2, 0.25) is 0 Å². The Morgan fingerprint density at radius 1 is 0.771 bits per heavy atom. The fourth-order valence-corrected chi connectivity index (χ4v) is 5.00. The molecule has 0 radical (unpaired) electrons. The first-order valence-electron chi connectivity index (χ1n) is 12.2. The molecule has 3 nitrogen and oxygen atoms in total. The minimum absolute atomic E-state index is 0.0280. The molecule has 0 amide bonds. The van der Waals surface area contributed by atoms with Crippen molar-refractivity contribution in [3.8, 4) is 11.1 Å². The molecule has 0 spiro atoms. The number of nitrogens with zero attached hydrogens (tertiary/aromatic N) is 1. The van der Waals surface area contributed by atoms with Crippen molar-refractivity contribution in [3.63, 3.8) is 0 Å². The van der Waals surface area contributed by atoms with Crippen molar-refractivity contribution < 1.29 is 9.90 Å². The van der Waals surface area contributed by atoms with E-state index in [-0.39, 0.29) is 18.5 Å². The van der Waals surface area contributed by atoms with Gasteiger partial charge >= 0.3 is 5.97 Å². The fourth-order valence-electron chi connectivity index (χ4n) is 5.00. The van der Waals surface area contributed by atoms with Gasteiger partial charge in [0.15, 0.2) is 0 Å². The minimum atomic E-state index is -0.800. The summed E-state index contributed by atoms with van der Waals surface area (Å²) in [7, 11) is 0. The Bertz CT molecular complexity index is 1250. The summed E-state index contributed by atoms with van der Waals surface area (Å²) >= 11 is 0. The lowest BCUT2D eigenvalue weighted by atomic mass is 9.91. The highest BCUT2D eigenvalue weighted by Gasteiger charge is 2.28. The molecule has 0 saturated heterocycles. The van der Waals surface area contributed by atoms with Gasteiger partial charge in [-0.15, -0.1) is 0 Å². The van der Waals surface area contributed by atoms with Gasteiger partial charge in [0.05, 0.1) is 6.42 Å². The summed E-state index contributed by atoms with van der Waals surface area (Å²) in [6.07, 6.45) is 0.0280. The maximum atomic E-state index is 12.1. The van der Waals surface area contributed by atoms with E-state index in [1.807, 2.05) is 36.4 Å². The van der Waals surface area contributed by atoms with Crippen LogP contribution in [0, 0.1) is 13.8 Å². The number of hydrogen-bond acceptors (Lipinski definition) is 2. The third kappa shape index (κ3) is 5.87. The van der Waals surface area contributed by atoms with Crippen LogP contribution in [0.5, 0.6) is 0 Å². The highest BCUT2D eigenvalue weighted by Crippen LogP contribution is 2.37. The monoisotopic (exact) mass is 463 g/mol. The topological polar surface area (TPSA) is 40.5 Å². The number of rotatable bonds is 9. The lowest BCUT2D eigenvalue weighted by Crippen LogP contribution is -2.32. The Hall–Kier alpha value is -3.69. The van der Waals surface area contributed by atoms with Crippen LogP contribution in [0.3, 0.4) is 0 Å². The number of hydrogen-bond donors (Lipinski definition) is 1. The van der Waals surface area contributed by atoms with Gasteiger partial charge in [0.2, 0.25) is 0 Å². The van der Waals surface area contributed by atoms with Gasteiger partial charge in [-0.2, -0.15) is 0 Å². The first-order valence-corrected chi connectivity index (χ1v) is 12.2. The summed E-state index contributed by atoms with van der Waals surface area (Å²) in [6, 6.07) is 35.1. The molecule has 0 bridgehead atoms. The first-order chi connectivity index (χ1) is 16.9. The minimum Gasteiger partial charge on any atom is -0.481 e. The zero-order chi connectivity index (χ0) is 24.8. The molecule has 0 unspecified atom stereocenters. The van der Waals surface area contributed by atoms with Crippen molar-refractivity contribution in [1.29, 1.82) is 0 Å². The van der Waals surface area contributed by atoms with E-state index in [0.717, 1.165) is 16.7 Å². The number of carbonyl (C=O) groups is 1. The predicted molar refractivity (Wildman–Crippen MR) is 143 cm³/mol. The van der Waals surface area contributed by atoms with Crippen molar-refractivity contribution in [2.45, 2.75) is 45.8 Å². The SMILES string of the molecule is Cc1cccc(C)c1-c1cccc([C@H](CC(=O)O)N(Cc2ccccc2)[C@H](C)c2ccccc2)c1. The molecule has 0 heterocycles. The van der Waals surface area contributed by atoms with Crippen molar-refractivity contribution in [1.82, 2.24) is 4.90 Å². The Morgan fingerprint density at radius 3 is 1.97 bits per heavy atom. The van der Waals surface area contributed by atoms with Gasteiger partial charge in [-0.25, -0.2) is 0 Å². The molecule has 4 rings (SSSR count). The Morgan fingerprint density at radius 2 is 1.34 bits per heavy atom. The maximum Gasteiger partial charge on any atom is 0.305 e. The molecule has 178 valence electrons. The van der Waals surface area contributed by atoms with E-state index in [4.69, 9.17) is 0 Å². The molecule has 4 aromatic rings. The average Bonchev–Trinajstić information content (AvgIpc) is 2.87. The first kappa shape index (κ1) is 24.4. The second-order valence-corrected chi connectivity index (χ2v) is 9.25. The van der Waals surface area contributed by atoms with Gasteiger partial charge in [0, 0.05) is 18.6 Å². The van der Waals surface area contributed by atoms with Crippen LogP contribution in [-0.4, -0.2) is 16.0 Å². The van der Waals surface area contributed by atoms with E-state index in [9.17, 15) is 9.90 Å². The van der Waals surface area contributed by atoms with Crippen molar-refractivity contribution in [3.05, 3.63) is 131 Å². The van der Waals surface area contributed by atoms with Gasteiger partial charge in [-0.3, -0.25) is 9.69 Å². The molecular formula is C32H33NO2. The molecule has 0 saturated carbocycles. The van der Waals surface area contributed by atoms with Crippen LogP contribution in [0.25, 0.3) is 11.1 Å². The summed E-state index contributed by atoms with van der Waals surface area (Å²) in [5, 5.41) is 9.96. The number of aryl methyl sites for hydroxylation is 2. The average molecular weight is 464 g/mol. The van der Waals surface area contributed by atoms with E-state index >= 15 is 0 Å². The molecule has 0 aliphatic carbocycles. The molecule has 2 atom stereocenters. The second-order valence-electron chi connectivity index (χ2n) is 9.25. The van der Waals surface area contributed by atoms with Crippen molar-refractivity contribution >= 4 is 5.97 Å². The van der Waals surface area contributed by atoms with Gasteiger partial charge in [0.25, 0.3) is 0 Å². The molecule has 4 aromatic carbocycles. The maximum absolute atomic E-state index is 12.1. The van der Waals surface area contributed by atoms with Crippen molar-refractivity contribution in [2.75, 3.05) is 0 Å². The molecule has 0 aliphatic heterocycles. The highest BCUT2D eigenvalue weighted by atomic mass is 16.4. The summed E-state index contributed by atoms with van der Waals surface area (Å²) in [5.74, 6) is -0.800. The third-order valence-electron chi connectivity index (χ3n) is 6.80. The van der Waals surface area contributed by atoms with Crippen LogP contribution >= 0.6 is 0 Å². The largest absolute Gasteiger partial charge is 0.481 e. The predicted octanol–water partition coefficient (Wildman–Crippen LogP) is 7.75. The van der Waals surface area contributed by atoms with Gasteiger partial charge in [-0.05, 0) is 65.8 Å². The standard InChI is InChI=1S/C32H33NO2/c1-23-12-10-13-24(2)32(23)29-19-11-18-28(20-29)30(21-31(34)35)33(22-26-14-6-4-7-15-26)25(3)27-16-8-5-9-17-27/h4-20,25,30H,21-22H2,1-3H3,(H,34,35)/t25-,30+/m1/s1. The van der Waals surface area contributed by atoms with Crippen LogP contribution in [0.15, 0.2) is 103 Å². The van der Waals surface area contributed by atoms with Gasteiger partial charge in [0.1, 0.15) is 0 Å². The van der Waals surface area contributed by atoms with Crippen LogP contribution in [0.4, 0.5) is 0 Å². The Balaban J connectivity index is 1.81. The lowest BCUT2D eigenvalue weighted by molar-refractivity contribution is -0.138. The molecule has 0 aliphatic rings. The number of aliphatic carboxylic acids is 1. The molecule has 1 N–H and O–H groups in total. The molecule has 35 heavy (non-hydrogen) atoms.